The second-order valence-electron chi connectivity index (χ2n) is 17.1. The van der Waals surface area contributed by atoms with Gasteiger partial charge in [-0.25, -0.2) is 4.79 Å². The lowest BCUT2D eigenvalue weighted by molar-refractivity contribution is -0.302. The number of hydrogen-bond donors (Lipinski definition) is 2. The molecule has 4 aliphatic rings. The summed E-state index contributed by atoms with van der Waals surface area (Å²) in [5.41, 5.74) is 1.71. The van der Waals surface area contributed by atoms with Crippen LogP contribution >= 0.6 is 11.6 Å². The zero-order chi connectivity index (χ0) is 41.5. The van der Waals surface area contributed by atoms with Crippen molar-refractivity contribution in [1.82, 2.24) is 4.90 Å². The highest BCUT2D eigenvalue weighted by Gasteiger charge is 2.56. The number of esters is 1. The third-order valence-electron chi connectivity index (χ3n) is 12.8. The average molecular weight is 810 g/mol. The van der Waals surface area contributed by atoms with E-state index < -0.39 is 77.8 Å². The van der Waals surface area contributed by atoms with Crippen molar-refractivity contribution in [2.75, 3.05) is 27.9 Å². The van der Waals surface area contributed by atoms with Gasteiger partial charge in [0.05, 0.1) is 29.8 Å². The third-order valence-corrected chi connectivity index (χ3v) is 13.3. The molecular formula is C43H68ClNO11. The van der Waals surface area contributed by atoms with Crippen molar-refractivity contribution in [3.05, 3.63) is 23.3 Å². The van der Waals surface area contributed by atoms with Crippen LogP contribution in [0.1, 0.15) is 112 Å². The van der Waals surface area contributed by atoms with E-state index in [9.17, 15) is 29.4 Å². The zero-order valence-electron chi connectivity index (χ0n) is 35.0. The predicted octanol–water partition coefficient (Wildman–Crippen LogP) is 5.72. The summed E-state index contributed by atoms with van der Waals surface area (Å²) in [6.45, 7) is 11.3. The predicted molar refractivity (Wildman–Crippen MR) is 212 cm³/mol. The molecule has 14 atom stereocenters. The number of amides is 1. The van der Waals surface area contributed by atoms with Gasteiger partial charge in [0, 0.05) is 52.0 Å². The summed E-state index contributed by atoms with van der Waals surface area (Å²) in [5, 5.41) is 23.6. The summed E-state index contributed by atoms with van der Waals surface area (Å²) in [4.78, 5) is 57.7. The average Bonchev–Trinajstić information content (AvgIpc) is 3.18. The van der Waals surface area contributed by atoms with E-state index in [1.54, 1.807) is 21.0 Å². The van der Waals surface area contributed by atoms with Crippen LogP contribution in [-0.4, -0.2) is 120 Å². The molecule has 12 nitrogen and oxygen atoms in total. The monoisotopic (exact) mass is 809 g/mol. The molecule has 56 heavy (non-hydrogen) atoms. The Morgan fingerprint density at radius 2 is 1.62 bits per heavy atom. The first-order chi connectivity index (χ1) is 26.5. The fourth-order valence-electron chi connectivity index (χ4n) is 9.36. The van der Waals surface area contributed by atoms with E-state index in [1.807, 2.05) is 32.9 Å². The Morgan fingerprint density at radius 1 is 0.964 bits per heavy atom. The zero-order valence-corrected chi connectivity index (χ0v) is 35.8. The number of allylic oxidation sites excluding steroid dienone is 3. The van der Waals surface area contributed by atoms with Crippen LogP contribution in [0, 0.1) is 29.6 Å². The Labute approximate surface area is 339 Å². The number of aliphatic hydroxyl groups excluding tert-OH is 1. The van der Waals surface area contributed by atoms with Crippen molar-refractivity contribution in [2.24, 2.45) is 29.6 Å². The fourth-order valence-corrected chi connectivity index (χ4v) is 9.69. The van der Waals surface area contributed by atoms with Crippen LogP contribution in [0.4, 0.5) is 0 Å². The van der Waals surface area contributed by atoms with Gasteiger partial charge in [-0.2, -0.15) is 0 Å². The van der Waals surface area contributed by atoms with Crippen LogP contribution in [0.15, 0.2) is 23.3 Å². The summed E-state index contributed by atoms with van der Waals surface area (Å²) >= 11 is 6.52. The van der Waals surface area contributed by atoms with Gasteiger partial charge in [0.2, 0.25) is 5.79 Å². The van der Waals surface area contributed by atoms with Crippen molar-refractivity contribution < 1.29 is 53.1 Å². The molecule has 13 heteroatoms. The van der Waals surface area contributed by atoms with Crippen LogP contribution in [0.2, 0.25) is 0 Å². The van der Waals surface area contributed by atoms with E-state index in [0.717, 1.165) is 18.4 Å². The summed E-state index contributed by atoms with van der Waals surface area (Å²) in [6, 6.07) is -1.12. The molecule has 1 saturated carbocycles. The maximum atomic E-state index is 14.3. The first-order valence-corrected chi connectivity index (χ1v) is 21.2. The van der Waals surface area contributed by atoms with Crippen molar-refractivity contribution >= 4 is 35.0 Å². The lowest BCUT2D eigenvalue weighted by Crippen LogP contribution is -2.64. The standard InChI is InChI=1S/C43H68ClNO11/c1-10-30-18-24(2)17-25(3)19-36(53-8)39-37(54-9)21-27(5)43(51,56-39)40(48)41(49)45-16-12-11-13-32(45)42(50)55-38(28(6)33(46)23-34(30)47)26(4)20-29-14-15-31(44)35(22-29)52-7/h18,20,25,27-33,35-39,46,51H,10-17,19,21-23H2,1-9H3/b24-18+,26-20+/t25-,27+,28+,29-,30+,31?,32-,33-,35?,36-,37-,38+,39+,43+/m0/s1. The first kappa shape index (κ1) is 46.5. The molecule has 1 aliphatic carbocycles. The van der Waals surface area contributed by atoms with Crippen LogP contribution in [0.25, 0.3) is 0 Å². The molecule has 0 aromatic carbocycles. The van der Waals surface area contributed by atoms with Gasteiger partial charge < -0.3 is 38.8 Å². The van der Waals surface area contributed by atoms with E-state index in [4.69, 9.17) is 35.3 Å². The fraction of sp³-hybridized carbons (Fsp3) is 0.814. The van der Waals surface area contributed by atoms with Crippen LogP contribution in [0.5, 0.6) is 0 Å². The number of halogens is 1. The number of Topliss-reactive ketones (excluding diaryl/α,β-unsaturated/α-hetero) is 2. The number of cyclic esters (lactones) is 1. The lowest BCUT2D eigenvalue weighted by Gasteiger charge is -2.47. The normalized spacial score (nSPS) is 41.6. The molecule has 3 fully saturated rings. The smallest absolute Gasteiger partial charge is 0.329 e. The highest BCUT2D eigenvalue weighted by Crippen LogP contribution is 2.39. The molecule has 0 aromatic heterocycles. The number of carbonyl (C=O) groups excluding carboxylic acids is 4. The molecule has 2 N–H and O–H groups in total. The molecule has 0 spiro atoms. The van der Waals surface area contributed by atoms with Gasteiger partial charge in [0.1, 0.15) is 24.0 Å². The summed E-state index contributed by atoms with van der Waals surface area (Å²) in [6.07, 6.45) is 5.16. The first-order valence-electron chi connectivity index (χ1n) is 20.7. The van der Waals surface area contributed by atoms with Crippen molar-refractivity contribution in [3.8, 4) is 0 Å². The SMILES string of the molecule is CC[C@@H]1/C=C(\C)C[C@H](C)C[C@H](OC)[C@H]2O[C@@](O)(C(=O)C(=O)N3CCCC[C@H]3C(=O)O[C@H](/C(C)=C/[C@@H]3CCC(Cl)C(OC)C3)[C@H](C)[C@@H](O)CC1=O)[C@H](C)C[C@@H]2OC. The second-order valence-corrected chi connectivity index (χ2v) is 17.7. The molecule has 318 valence electrons. The number of piperidine rings is 1. The van der Waals surface area contributed by atoms with Gasteiger partial charge in [0.25, 0.3) is 11.7 Å². The van der Waals surface area contributed by atoms with Crippen LogP contribution < -0.4 is 0 Å². The molecule has 0 aromatic rings. The second kappa shape index (κ2) is 20.7. The van der Waals surface area contributed by atoms with E-state index in [2.05, 4.69) is 6.92 Å². The number of aliphatic hydroxyl groups is 2. The van der Waals surface area contributed by atoms with Gasteiger partial charge in [-0.05, 0) is 95.5 Å². The largest absolute Gasteiger partial charge is 0.456 e. The lowest BCUT2D eigenvalue weighted by atomic mass is 9.82. The summed E-state index contributed by atoms with van der Waals surface area (Å²) in [7, 11) is 4.71. The van der Waals surface area contributed by atoms with Crippen LogP contribution in [-0.2, 0) is 42.9 Å². The molecule has 3 aliphatic heterocycles. The minimum absolute atomic E-state index is 0.0425. The number of fused-ring (bicyclic) bond motifs is 3. The molecule has 2 bridgehead atoms. The van der Waals surface area contributed by atoms with Crippen molar-refractivity contribution in [2.45, 2.75) is 166 Å². The van der Waals surface area contributed by atoms with E-state index in [-0.39, 0.29) is 54.9 Å². The van der Waals surface area contributed by atoms with Crippen molar-refractivity contribution in [1.29, 1.82) is 0 Å². The Kier molecular flexibility index (Phi) is 17.2. The topological polar surface area (TPSA) is 158 Å². The quantitative estimate of drug-likeness (QED) is 0.146. The number of methoxy groups -OCH3 is 3. The van der Waals surface area contributed by atoms with Crippen molar-refractivity contribution in [3.63, 3.8) is 0 Å². The number of nitrogens with zero attached hydrogens (tertiary/aromatic N) is 1. The molecule has 0 radical (unpaired) electrons. The Balaban J connectivity index is 1.76. The summed E-state index contributed by atoms with van der Waals surface area (Å²) < 4.78 is 29.9. The highest BCUT2D eigenvalue weighted by molar-refractivity contribution is 6.39. The molecule has 2 saturated heterocycles. The highest BCUT2D eigenvalue weighted by atomic mass is 35.5. The molecule has 3 heterocycles. The van der Waals surface area contributed by atoms with Gasteiger partial charge in [-0.1, -0.05) is 45.4 Å². The number of ether oxygens (including phenoxy) is 5. The Bertz CT molecular complexity index is 1440. The van der Waals surface area contributed by atoms with E-state index in [0.29, 0.717) is 44.1 Å². The number of ketones is 2. The molecule has 1 amide bonds. The van der Waals surface area contributed by atoms with E-state index >= 15 is 0 Å². The van der Waals surface area contributed by atoms with E-state index in [1.165, 1.54) is 19.1 Å². The minimum atomic E-state index is -2.49. The Hall–Kier alpha value is -2.19. The minimum Gasteiger partial charge on any atom is -0.456 e. The maximum Gasteiger partial charge on any atom is 0.329 e. The number of rotatable bonds is 6. The molecule has 4 rings (SSSR count). The number of carbonyl (C=O) groups is 4. The van der Waals surface area contributed by atoms with Gasteiger partial charge in [-0.15, -0.1) is 11.6 Å². The maximum absolute atomic E-state index is 14.3. The number of alkyl halides is 1. The summed E-state index contributed by atoms with van der Waals surface area (Å²) in [5.74, 6) is -7.31. The van der Waals surface area contributed by atoms with Gasteiger partial charge in [0.15, 0.2) is 0 Å². The Morgan fingerprint density at radius 3 is 2.27 bits per heavy atom. The number of hydrogen-bond acceptors (Lipinski definition) is 11. The van der Waals surface area contributed by atoms with Gasteiger partial charge >= 0.3 is 5.97 Å². The molecule has 2 unspecified atom stereocenters. The third kappa shape index (κ3) is 10.9. The van der Waals surface area contributed by atoms with Gasteiger partial charge in [-0.3, -0.25) is 14.4 Å². The van der Waals surface area contributed by atoms with Crippen LogP contribution in [0.3, 0.4) is 0 Å². The molecular weight excluding hydrogens is 742 g/mol.